The first-order chi connectivity index (χ1) is 12.9. The van der Waals surface area contributed by atoms with Crippen molar-refractivity contribution in [2.45, 2.75) is 39.2 Å². The number of hydrogen-bond acceptors (Lipinski definition) is 3. The summed E-state index contributed by atoms with van der Waals surface area (Å²) in [5.74, 6) is 0.0557. The van der Waals surface area contributed by atoms with Crippen LogP contribution in [0, 0.1) is 5.41 Å². The van der Waals surface area contributed by atoms with Gasteiger partial charge in [-0.3, -0.25) is 9.59 Å². The van der Waals surface area contributed by atoms with Gasteiger partial charge in [0.15, 0.2) is 5.78 Å². The Balaban J connectivity index is 0.00000280. The van der Waals surface area contributed by atoms with E-state index in [2.05, 4.69) is 13.8 Å². The molecule has 0 radical (unpaired) electrons. The molecule has 3 rings (SSSR count). The minimum absolute atomic E-state index is 0. The predicted molar refractivity (Wildman–Crippen MR) is 116 cm³/mol. The Morgan fingerprint density at radius 1 is 1.00 bits per heavy atom. The van der Waals surface area contributed by atoms with E-state index in [0.717, 1.165) is 17.5 Å². The summed E-state index contributed by atoms with van der Waals surface area (Å²) < 4.78 is 0. The molecule has 4 nitrogen and oxygen atoms in total. The number of halogens is 1. The molecule has 1 fully saturated rings. The molecule has 1 heterocycles. The quantitative estimate of drug-likeness (QED) is 0.760. The lowest BCUT2D eigenvalue weighted by atomic mass is 9.79. The van der Waals surface area contributed by atoms with Gasteiger partial charge in [0.25, 0.3) is 0 Å². The Morgan fingerprint density at radius 2 is 1.61 bits per heavy atom. The number of amides is 1. The van der Waals surface area contributed by atoms with Crippen molar-refractivity contribution in [3.05, 3.63) is 60.2 Å². The second-order valence-corrected chi connectivity index (χ2v) is 8.07. The molecule has 1 amide bonds. The van der Waals surface area contributed by atoms with Gasteiger partial charge in [0.05, 0.1) is 0 Å². The summed E-state index contributed by atoms with van der Waals surface area (Å²) in [6.07, 6.45) is 1.31. The van der Waals surface area contributed by atoms with Gasteiger partial charge in [0.2, 0.25) is 5.91 Å². The largest absolute Gasteiger partial charge is 0.342 e. The van der Waals surface area contributed by atoms with Gasteiger partial charge in [0.1, 0.15) is 0 Å². The van der Waals surface area contributed by atoms with Crippen LogP contribution < -0.4 is 5.73 Å². The van der Waals surface area contributed by atoms with Crippen molar-refractivity contribution in [3.63, 3.8) is 0 Å². The van der Waals surface area contributed by atoms with Crippen molar-refractivity contribution < 1.29 is 9.59 Å². The van der Waals surface area contributed by atoms with E-state index in [1.807, 2.05) is 59.5 Å². The zero-order valence-electron chi connectivity index (χ0n) is 16.6. The summed E-state index contributed by atoms with van der Waals surface area (Å²) in [4.78, 5) is 26.8. The predicted octanol–water partition coefficient (Wildman–Crippen LogP) is 4.32. The van der Waals surface area contributed by atoms with Gasteiger partial charge in [-0.25, -0.2) is 0 Å². The van der Waals surface area contributed by atoms with Gasteiger partial charge in [-0.05, 0) is 23.0 Å². The SMILES string of the molecule is CC1(C)CN(C(=O)CCC(=O)c2ccc(-c3ccccc3)cc2)CCC1N.Cl. The molecule has 0 bridgehead atoms. The van der Waals surface area contributed by atoms with Gasteiger partial charge in [-0.2, -0.15) is 0 Å². The molecule has 0 saturated carbocycles. The maximum absolute atomic E-state index is 12.5. The smallest absolute Gasteiger partial charge is 0.223 e. The number of likely N-dealkylation sites (tertiary alicyclic amines) is 1. The molecule has 1 atom stereocenters. The van der Waals surface area contributed by atoms with Crippen LogP contribution in [0.2, 0.25) is 0 Å². The molecule has 5 heteroatoms. The number of piperidine rings is 1. The fraction of sp³-hybridized carbons (Fsp3) is 0.391. The summed E-state index contributed by atoms with van der Waals surface area (Å²) in [6, 6.07) is 17.8. The third kappa shape index (κ3) is 5.21. The van der Waals surface area contributed by atoms with E-state index in [4.69, 9.17) is 5.73 Å². The Kier molecular flexibility index (Phi) is 7.39. The maximum Gasteiger partial charge on any atom is 0.223 e. The second kappa shape index (κ2) is 9.35. The molecule has 0 spiro atoms. The lowest BCUT2D eigenvalue weighted by Crippen LogP contribution is -2.54. The van der Waals surface area contributed by atoms with Crippen molar-refractivity contribution in [1.82, 2.24) is 4.90 Å². The highest BCUT2D eigenvalue weighted by molar-refractivity contribution is 5.98. The van der Waals surface area contributed by atoms with Crippen molar-refractivity contribution in [2.24, 2.45) is 11.1 Å². The number of Topliss-reactive ketones (excluding diaryl/α,β-unsaturated/α-hetero) is 1. The van der Waals surface area contributed by atoms with Crippen LogP contribution in [0.4, 0.5) is 0 Å². The number of carbonyl (C=O) groups excluding carboxylic acids is 2. The minimum Gasteiger partial charge on any atom is -0.342 e. The summed E-state index contributed by atoms with van der Waals surface area (Å²) in [6.45, 7) is 5.53. The molecule has 1 saturated heterocycles. The normalized spacial score (nSPS) is 18.2. The molecule has 150 valence electrons. The van der Waals surface area contributed by atoms with Crippen LogP contribution in [0.3, 0.4) is 0 Å². The molecule has 0 aromatic heterocycles. The third-order valence-corrected chi connectivity index (χ3v) is 5.54. The van der Waals surface area contributed by atoms with Crippen molar-refractivity contribution in [1.29, 1.82) is 0 Å². The van der Waals surface area contributed by atoms with Crippen LogP contribution >= 0.6 is 12.4 Å². The van der Waals surface area contributed by atoms with Crippen LogP contribution in [0.15, 0.2) is 54.6 Å². The van der Waals surface area contributed by atoms with Gasteiger partial charge < -0.3 is 10.6 Å². The van der Waals surface area contributed by atoms with E-state index in [1.54, 1.807) is 0 Å². The van der Waals surface area contributed by atoms with Crippen LogP contribution in [-0.2, 0) is 4.79 Å². The van der Waals surface area contributed by atoms with E-state index < -0.39 is 0 Å². The first-order valence-electron chi connectivity index (χ1n) is 9.59. The fourth-order valence-corrected chi connectivity index (χ4v) is 3.59. The summed E-state index contributed by atoms with van der Waals surface area (Å²) in [5, 5.41) is 0. The van der Waals surface area contributed by atoms with E-state index >= 15 is 0 Å². The molecule has 0 aliphatic carbocycles. The highest BCUT2D eigenvalue weighted by Gasteiger charge is 2.35. The van der Waals surface area contributed by atoms with Crippen molar-refractivity contribution in [2.75, 3.05) is 13.1 Å². The molecule has 2 aromatic rings. The third-order valence-electron chi connectivity index (χ3n) is 5.54. The Labute approximate surface area is 173 Å². The summed E-state index contributed by atoms with van der Waals surface area (Å²) in [5.41, 5.74) is 8.91. The van der Waals surface area contributed by atoms with Crippen LogP contribution in [0.25, 0.3) is 11.1 Å². The maximum atomic E-state index is 12.5. The summed E-state index contributed by atoms with van der Waals surface area (Å²) in [7, 11) is 0. The lowest BCUT2D eigenvalue weighted by molar-refractivity contribution is -0.134. The highest BCUT2D eigenvalue weighted by Crippen LogP contribution is 2.28. The Bertz CT molecular complexity index is 803. The standard InChI is InChI=1S/C23H28N2O2.ClH/c1-23(2)16-25(15-14-21(23)24)22(27)13-12-20(26)19-10-8-18(9-11-19)17-6-4-3-5-7-17;/h3-11,21H,12-16,24H2,1-2H3;1H. The number of nitrogens with two attached hydrogens (primary N) is 1. The number of benzene rings is 2. The first-order valence-corrected chi connectivity index (χ1v) is 9.59. The zero-order valence-corrected chi connectivity index (χ0v) is 17.4. The van der Waals surface area contributed by atoms with E-state index in [-0.39, 0.29) is 48.4 Å². The molecular weight excluding hydrogens is 372 g/mol. The average molecular weight is 401 g/mol. The minimum atomic E-state index is -0.0782. The molecule has 28 heavy (non-hydrogen) atoms. The number of hydrogen-bond donors (Lipinski definition) is 1. The van der Waals surface area contributed by atoms with E-state index in [1.165, 1.54) is 0 Å². The van der Waals surface area contributed by atoms with Crippen molar-refractivity contribution >= 4 is 24.1 Å². The number of nitrogens with zero attached hydrogens (tertiary/aromatic N) is 1. The molecule has 1 aliphatic heterocycles. The number of ketones is 1. The number of rotatable bonds is 5. The zero-order chi connectivity index (χ0) is 19.4. The van der Waals surface area contributed by atoms with Crippen LogP contribution in [0.5, 0.6) is 0 Å². The fourth-order valence-electron chi connectivity index (χ4n) is 3.59. The van der Waals surface area contributed by atoms with Crippen LogP contribution in [-0.4, -0.2) is 35.7 Å². The van der Waals surface area contributed by atoms with Gasteiger partial charge >= 0.3 is 0 Å². The molecule has 2 N–H and O–H groups in total. The van der Waals surface area contributed by atoms with E-state index in [0.29, 0.717) is 18.7 Å². The monoisotopic (exact) mass is 400 g/mol. The summed E-state index contributed by atoms with van der Waals surface area (Å²) >= 11 is 0. The van der Waals surface area contributed by atoms with Gasteiger partial charge in [-0.1, -0.05) is 68.4 Å². The Hall–Kier alpha value is -2.17. The first kappa shape index (κ1) is 22.1. The molecule has 1 unspecified atom stereocenters. The van der Waals surface area contributed by atoms with Crippen LogP contribution in [0.1, 0.15) is 43.5 Å². The van der Waals surface area contributed by atoms with E-state index in [9.17, 15) is 9.59 Å². The van der Waals surface area contributed by atoms with Crippen molar-refractivity contribution in [3.8, 4) is 11.1 Å². The number of carbonyl (C=O) groups is 2. The Morgan fingerprint density at radius 3 is 2.21 bits per heavy atom. The van der Waals surface area contributed by atoms with Gasteiger partial charge in [-0.15, -0.1) is 12.4 Å². The topological polar surface area (TPSA) is 63.4 Å². The second-order valence-electron chi connectivity index (χ2n) is 8.07. The molecular formula is C23H29ClN2O2. The molecule has 2 aromatic carbocycles. The average Bonchev–Trinajstić information content (AvgIpc) is 2.68. The molecule has 1 aliphatic rings. The van der Waals surface area contributed by atoms with Gasteiger partial charge in [0, 0.05) is 37.5 Å². The highest BCUT2D eigenvalue weighted by atomic mass is 35.5. The lowest BCUT2D eigenvalue weighted by Gasteiger charge is -2.42.